The number of anilines is 1. The van der Waals surface area contributed by atoms with E-state index in [1.807, 2.05) is 54.6 Å². The highest BCUT2D eigenvalue weighted by atomic mass is 16.5. The Labute approximate surface area is 119 Å². The zero-order chi connectivity index (χ0) is 14.4. The lowest BCUT2D eigenvalue weighted by Gasteiger charge is -2.18. The van der Waals surface area contributed by atoms with Gasteiger partial charge in [-0.25, -0.2) is 4.79 Å². The zero-order valence-corrected chi connectivity index (χ0v) is 11.7. The highest BCUT2D eigenvalue weighted by molar-refractivity contribution is 5.89. The van der Waals surface area contributed by atoms with Crippen LogP contribution >= 0.6 is 0 Å². The molecule has 0 aliphatic heterocycles. The summed E-state index contributed by atoms with van der Waals surface area (Å²) >= 11 is 0. The molecule has 2 amide bonds. The number of nitrogens with one attached hydrogen (secondary N) is 1. The molecular formula is C16H18N2O2. The van der Waals surface area contributed by atoms with E-state index in [4.69, 9.17) is 4.74 Å². The average molecular weight is 270 g/mol. The quantitative estimate of drug-likeness (QED) is 0.925. The number of urea groups is 1. The molecule has 0 saturated carbocycles. The third-order valence-corrected chi connectivity index (χ3v) is 2.95. The van der Waals surface area contributed by atoms with E-state index in [1.165, 1.54) is 0 Å². The average Bonchev–Trinajstić information content (AvgIpc) is 2.49. The molecule has 2 aromatic carbocycles. The van der Waals surface area contributed by atoms with Gasteiger partial charge in [-0.15, -0.1) is 0 Å². The lowest BCUT2D eigenvalue weighted by molar-refractivity contribution is 0.220. The second kappa shape index (κ2) is 6.61. The van der Waals surface area contributed by atoms with Crippen molar-refractivity contribution in [2.45, 2.75) is 6.54 Å². The third kappa shape index (κ3) is 3.75. The van der Waals surface area contributed by atoms with Crippen LogP contribution in [0.25, 0.3) is 0 Å². The highest BCUT2D eigenvalue weighted by Gasteiger charge is 2.09. The van der Waals surface area contributed by atoms with E-state index < -0.39 is 0 Å². The summed E-state index contributed by atoms with van der Waals surface area (Å²) < 4.78 is 5.08. The van der Waals surface area contributed by atoms with Crippen LogP contribution in [-0.4, -0.2) is 25.1 Å². The standard InChI is InChI=1S/C16H18N2O2/c1-18(12-13-6-4-3-5-7-13)16(19)17-14-8-10-15(20-2)11-9-14/h3-11H,12H2,1-2H3,(H,17,19). The van der Waals surface area contributed by atoms with Crippen molar-refractivity contribution in [2.75, 3.05) is 19.5 Å². The Kier molecular flexibility index (Phi) is 4.60. The Balaban J connectivity index is 1.93. The van der Waals surface area contributed by atoms with Gasteiger partial charge in [0.25, 0.3) is 0 Å². The SMILES string of the molecule is COc1ccc(NC(=O)N(C)Cc2ccccc2)cc1. The van der Waals surface area contributed by atoms with Crippen LogP contribution in [0.3, 0.4) is 0 Å². The minimum Gasteiger partial charge on any atom is -0.497 e. The van der Waals surface area contributed by atoms with Crippen LogP contribution in [0.1, 0.15) is 5.56 Å². The molecule has 0 fully saturated rings. The minimum absolute atomic E-state index is 0.140. The van der Waals surface area contributed by atoms with E-state index in [0.29, 0.717) is 6.54 Å². The summed E-state index contributed by atoms with van der Waals surface area (Å²) in [6.07, 6.45) is 0. The van der Waals surface area contributed by atoms with Crippen molar-refractivity contribution < 1.29 is 9.53 Å². The molecule has 2 aromatic rings. The van der Waals surface area contributed by atoms with Crippen LogP contribution in [0, 0.1) is 0 Å². The molecule has 0 unspecified atom stereocenters. The van der Waals surface area contributed by atoms with Crippen LogP contribution in [0.5, 0.6) is 5.75 Å². The van der Waals surface area contributed by atoms with Gasteiger partial charge in [0.15, 0.2) is 0 Å². The van der Waals surface area contributed by atoms with E-state index >= 15 is 0 Å². The molecule has 0 atom stereocenters. The summed E-state index contributed by atoms with van der Waals surface area (Å²) in [5.74, 6) is 0.764. The minimum atomic E-state index is -0.140. The van der Waals surface area contributed by atoms with E-state index in [0.717, 1.165) is 17.0 Å². The lowest BCUT2D eigenvalue weighted by Crippen LogP contribution is -2.30. The summed E-state index contributed by atoms with van der Waals surface area (Å²) in [6.45, 7) is 0.572. The van der Waals surface area contributed by atoms with Gasteiger partial charge >= 0.3 is 6.03 Å². The predicted molar refractivity (Wildman–Crippen MR) is 79.9 cm³/mol. The normalized spacial score (nSPS) is 9.90. The molecule has 1 N–H and O–H groups in total. The first kappa shape index (κ1) is 13.9. The highest BCUT2D eigenvalue weighted by Crippen LogP contribution is 2.15. The first-order valence-corrected chi connectivity index (χ1v) is 6.39. The molecule has 0 spiro atoms. The van der Waals surface area contributed by atoms with Gasteiger partial charge in [0.05, 0.1) is 7.11 Å². The second-order valence-electron chi connectivity index (χ2n) is 4.50. The molecule has 4 nitrogen and oxygen atoms in total. The summed E-state index contributed by atoms with van der Waals surface area (Å²) in [4.78, 5) is 13.7. The summed E-state index contributed by atoms with van der Waals surface area (Å²) in [6, 6.07) is 17.0. The van der Waals surface area contributed by atoms with Gasteiger partial charge in [0, 0.05) is 19.3 Å². The van der Waals surface area contributed by atoms with E-state index in [-0.39, 0.29) is 6.03 Å². The van der Waals surface area contributed by atoms with Crippen molar-refractivity contribution in [1.29, 1.82) is 0 Å². The molecule has 20 heavy (non-hydrogen) atoms. The van der Waals surface area contributed by atoms with E-state index in [1.54, 1.807) is 19.1 Å². The fourth-order valence-electron chi connectivity index (χ4n) is 1.82. The van der Waals surface area contributed by atoms with Crippen molar-refractivity contribution in [1.82, 2.24) is 4.90 Å². The number of hydrogen-bond donors (Lipinski definition) is 1. The fourth-order valence-corrected chi connectivity index (χ4v) is 1.82. The van der Waals surface area contributed by atoms with Gasteiger partial charge in [-0.05, 0) is 29.8 Å². The number of methoxy groups -OCH3 is 1. The number of carbonyl (C=O) groups is 1. The number of amides is 2. The number of carbonyl (C=O) groups excluding carboxylic acids is 1. The van der Waals surface area contributed by atoms with E-state index in [9.17, 15) is 4.79 Å². The summed E-state index contributed by atoms with van der Waals surface area (Å²) in [7, 11) is 3.38. The van der Waals surface area contributed by atoms with Crippen molar-refractivity contribution in [3.8, 4) is 5.75 Å². The largest absolute Gasteiger partial charge is 0.497 e. The van der Waals surface area contributed by atoms with Crippen LogP contribution in [-0.2, 0) is 6.54 Å². The van der Waals surface area contributed by atoms with E-state index in [2.05, 4.69) is 5.32 Å². The maximum absolute atomic E-state index is 12.1. The van der Waals surface area contributed by atoms with Crippen LogP contribution in [0.2, 0.25) is 0 Å². The predicted octanol–water partition coefficient (Wildman–Crippen LogP) is 3.36. The maximum Gasteiger partial charge on any atom is 0.321 e. The monoisotopic (exact) mass is 270 g/mol. The zero-order valence-electron chi connectivity index (χ0n) is 11.7. The van der Waals surface area contributed by atoms with Crippen molar-refractivity contribution in [3.05, 3.63) is 60.2 Å². The van der Waals surface area contributed by atoms with Crippen LogP contribution in [0.4, 0.5) is 10.5 Å². The molecule has 0 bridgehead atoms. The molecule has 4 heteroatoms. The Morgan fingerprint density at radius 3 is 2.35 bits per heavy atom. The summed E-state index contributed by atoms with van der Waals surface area (Å²) in [5.41, 5.74) is 1.84. The van der Waals surface area contributed by atoms with Gasteiger partial charge in [0.2, 0.25) is 0 Å². The smallest absolute Gasteiger partial charge is 0.321 e. The van der Waals surface area contributed by atoms with Crippen LogP contribution in [0.15, 0.2) is 54.6 Å². The van der Waals surface area contributed by atoms with Crippen LogP contribution < -0.4 is 10.1 Å². The van der Waals surface area contributed by atoms with Gasteiger partial charge < -0.3 is 15.0 Å². The Morgan fingerprint density at radius 2 is 1.75 bits per heavy atom. The number of nitrogens with zero attached hydrogens (tertiary/aromatic N) is 1. The van der Waals surface area contributed by atoms with Crippen molar-refractivity contribution in [2.24, 2.45) is 0 Å². The van der Waals surface area contributed by atoms with Gasteiger partial charge in [-0.2, -0.15) is 0 Å². The number of benzene rings is 2. The van der Waals surface area contributed by atoms with Crippen molar-refractivity contribution in [3.63, 3.8) is 0 Å². The molecule has 0 aromatic heterocycles. The third-order valence-electron chi connectivity index (χ3n) is 2.95. The number of rotatable bonds is 4. The molecule has 0 saturated heterocycles. The lowest BCUT2D eigenvalue weighted by atomic mass is 10.2. The first-order chi connectivity index (χ1) is 9.69. The Bertz CT molecular complexity index is 552. The van der Waals surface area contributed by atoms with Gasteiger partial charge in [-0.1, -0.05) is 30.3 Å². The van der Waals surface area contributed by atoms with Crippen molar-refractivity contribution >= 4 is 11.7 Å². The molecule has 104 valence electrons. The maximum atomic E-state index is 12.1. The Hall–Kier alpha value is -2.49. The second-order valence-corrected chi connectivity index (χ2v) is 4.50. The van der Waals surface area contributed by atoms with Gasteiger partial charge in [-0.3, -0.25) is 0 Å². The number of ether oxygens (including phenoxy) is 1. The molecule has 2 rings (SSSR count). The first-order valence-electron chi connectivity index (χ1n) is 6.39. The Morgan fingerprint density at radius 1 is 1.10 bits per heavy atom. The number of hydrogen-bond acceptors (Lipinski definition) is 2. The van der Waals surface area contributed by atoms with Gasteiger partial charge in [0.1, 0.15) is 5.75 Å². The fraction of sp³-hybridized carbons (Fsp3) is 0.188. The molecule has 0 heterocycles. The molecule has 0 aliphatic carbocycles. The molecule has 0 radical (unpaired) electrons. The summed E-state index contributed by atoms with van der Waals surface area (Å²) in [5, 5.41) is 2.84. The molecular weight excluding hydrogens is 252 g/mol. The molecule has 0 aliphatic rings. The topological polar surface area (TPSA) is 41.6 Å².